The maximum absolute atomic E-state index is 5.86. The molecule has 0 bridgehead atoms. The fourth-order valence-corrected chi connectivity index (χ4v) is 1.64. The summed E-state index contributed by atoms with van der Waals surface area (Å²) < 4.78 is 0. The van der Waals surface area contributed by atoms with Crippen LogP contribution in [0, 0.1) is 13.8 Å². The summed E-state index contributed by atoms with van der Waals surface area (Å²) in [5, 5.41) is 1.71. The molecule has 0 fully saturated rings. The van der Waals surface area contributed by atoms with E-state index in [1.54, 1.807) is 5.01 Å². The third-order valence-electron chi connectivity index (χ3n) is 2.05. The third kappa shape index (κ3) is 2.36. The van der Waals surface area contributed by atoms with Crippen LogP contribution in [0.4, 0.5) is 5.69 Å². The minimum Gasteiger partial charge on any atom is -0.309 e. The molecule has 0 saturated heterocycles. The number of hydrogen-bond donors (Lipinski definition) is 1. The van der Waals surface area contributed by atoms with Crippen LogP contribution in [-0.2, 0) is 0 Å². The summed E-state index contributed by atoms with van der Waals surface area (Å²) in [4.78, 5) is 0. The molecule has 0 aromatic heterocycles. The Bertz CT molecular complexity index is 266. The molecular formula is C10H15ClN2. The van der Waals surface area contributed by atoms with E-state index < -0.39 is 0 Å². The van der Waals surface area contributed by atoms with Crippen LogP contribution in [0.3, 0.4) is 0 Å². The Labute approximate surface area is 84.3 Å². The molecular weight excluding hydrogens is 184 g/mol. The van der Waals surface area contributed by atoms with Crippen molar-refractivity contribution in [1.82, 2.24) is 0 Å². The quantitative estimate of drug-likeness (QED) is 0.459. The van der Waals surface area contributed by atoms with Gasteiger partial charge in [0.05, 0.1) is 5.69 Å². The van der Waals surface area contributed by atoms with Crippen LogP contribution in [0.15, 0.2) is 18.2 Å². The number of hydrogen-bond acceptors (Lipinski definition) is 2. The average Bonchev–Trinajstić information content (AvgIpc) is 2.04. The number of hydrazine groups is 1. The molecule has 0 heterocycles. The van der Waals surface area contributed by atoms with Crippen molar-refractivity contribution in [3.8, 4) is 0 Å². The van der Waals surface area contributed by atoms with E-state index >= 15 is 0 Å². The van der Waals surface area contributed by atoms with Gasteiger partial charge in [0.15, 0.2) is 0 Å². The zero-order valence-electron chi connectivity index (χ0n) is 8.05. The topological polar surface area (TPSA) is 29.3 Å². The Hall–Kier alpha value is -0.730. The van der Waals surface area contributed by atoms with E-state index in [1.165, 1.54) is 11.1 Å². The first-order chi connectivity index (χ1) is 6.16. The fourth-order valence-electron chi connectivity index (χ4n) is 1.46. The van der Waals surface area contributed by atoms with Crippen LogP contribution in [0.1, 0.15) is 11.1 Å². The Kier molecular flexibility index (Phi) is 3.58. The maximum atomic E-state index is 5.86. The number of rotatable bonds is 3. The van der Waals surface area contributed by atoms with Gasteiger partial charge in [0, 0.05) is 12.4 Å². The zero-order valence-corrected chi connectivity index (χ0v) is 8.80. The highest BCUT2D eigenvalue weighted by atomic mass is 35.5. The smallest absolute Gasteiger partial charge is 0.0575 e. The lowest BCUT2D eigenvalue weighted by Gasteiger charge is -2.21. The van der Waals surface area contributed by atoms with Crippen molar-refractivity contribution in [3.05, 3.63) is 29.3 Å². The first kappa shape index (κ1) is 10.4. The molecule has 0 saturated carbocycles. The third-order valence-corrected chi connectivity index (χ3v) is 2.22. The van der Waals surface area contributed by atoms with Crippen LogP contribution < -0.4 is 10.9 Å². The van der Waals surface area contributed by atoms with E-state index in [0.717, 1.165) is 5.69 Å². The highest BCUT2D eigenvalue weighted by Gasteiger charge is 2.06. The van der Waals surface area contributed by atoms with Crippen LogP contribution in [0.5, 0.6) is 0 Å². The van der Waals surface area contributed by atoms with Crippen molar-refractivity contribution in [1.29, 1.82) is 0 Å². The molecule has 1 rings (SSSR count). The normalized spacial score (nSPS) is 10.2. The van der Waals surface area contributed by atoms with E-state index in [9.17, 15) is 0 Å². The number of benzene rings is 1. The molecule has 2 N–H and O–H groups in total. The monoisotopic (exact) mass is 198 g/mol. The summed E-state index contributed by atoms with van der Waals surface area (Å²) in [5.74, 6) is 6.40. The minimum atomic E-state index is 0.546. The lowest BCUT2D eigenvalue weighted by atomic mass is 10.1. The number of nitrogens with two attached hydrogens (primary N) is 1. The molecule has 0 aliphatic heterocycles. The van der Waals surface area contributed by atoms with Crippen molar-refractivity contribution >= 4 is 17.3 Å². The predicted molar refractivity (Wildman–Crippen MR) is 58.2 cm³/mol. The van der Waals surface area contributed by atoms with Gasteiger partial charge in [-0.3, -0.25) is 0 Å². The van der Waals surface area contributed by atoms with Gasteiger partial charge in [-0.25, -0.2) is 5.84 Å². The van der Waals surface area contributed by atoms with Gasteiger partial charge in [0.25, 0.3) is 0 Å². The maximum Gasteiger partial charge on any atom is 0.0575 e. The first-order valence-corrected chi connectivity index (χ1v) is 4.84. The molecule has 0 aliphatic carbocycles. The second-order valence-electron chi connectivity index (χ2n) is 3.12. The van der Waals surface area contributed by atoms with Gasteiger partial charge in [0.2, 0.25) is 0 Å². The van der Waals surface area contributed by atoms with Crippen LogP contribution in [0.2, 0.25) is 0 Å². The summed E-state index contributed by atoms with van der Waals surface area (Å²) in [6.45, 7) is 4.78. The molecule has 0 radical (unpaired) electrons. The SMILES string of the molecule is Cc1cccc(C)c1N(N)CCCl. The molecule has 3 heteroatoms. The first-order valence-electron chi connectivity index (χ1n) is 4.31. The van der Waals surface area contributed by atoms with Gasteiger partial charge in [-0.1, -0.05) is 18.2 Å². The number of aryl methyl sites for hydroxylation is 2. The summed E-state index contributed by atoms with van der Waals surface area (Å²) in [6.07, 6.45) is 0. The van der Waals surface area contributed by atoms with Crippen molar-refractivity contribution in [3.63, 3.8) is 0 Å². The lowest BCUT2D eigenvalue weighted by Crippen LogP contribution is -2.33. The molecule has 0 spiro atoms. The van der Waals surface area contributed by atoms with E-state index in [2.05, 4.69) is 26.0 Å². The van der Waals surface area contributed by atoms with E-state index in [-0.39, 0.29) is 0 Å². The summed E-state index contributed by atoms with van der Waals surface area (Å²) in [5.41, 5.74) is 3.46. The van der Waals surface area contributed by atoms with Crippen LogP contribution in [-0.4, -0.2) is 12.4 Å². The number of para-hydroxylation sites is 1. The van der Waals surface area contributed by atoms with E-state index in [4.69, 9.17) is 17.4 Å². The average molecular weight is 199 g/mol. The molecule has 1 aromatic rings. The highest BCUT2D eigenvalue weighted by molar-refractivity contribution is 6.18. The molecule has 0 atom stereocenters. The summed E-state index contributed by atoms with van der Waals surface area (Å²) >= 11 is 5.63. The molecule has 1 aromatic carbocycles. The summed E-state index contributed by atoms with van der Waals surface area (Å²) in [7, 11) is 0. The van der Waals surface area contributed by atoms with Gasteiger partial charge in [0.1, 0.15) is 0 Å². The molecule has 13 heavy (non-hydrogen) atoms. The molecule has 0 aliphatic rings. The number of halogens is 1. The Balaban J connectivity index is 2.98. The number of nitrogens with zero attached hydrogens (tertiary/aromatic N) is 1. The molecule has 0 amide bonds. The van der Waals surface area contributed by atoms with Gasteiger partial charge >= 0.3 is 0 Å². The zero-order chi connectivity index (χ0) is 9.84. The van der Waals surface area contributed by atoms with Gasteiger partial charge < -0.3 is 5.01 Å². The standard InChI is InChI=1S/C10H15ClN2/c1-8-4-3-5-9(2)10(8)13(12)7-6-11/h3-5H,6-7,12H2,1-2H3. The fraction of sp³-hybridized carbons (Fsp3) is 0.400. The Morgan fingerprint density at radius 1 is 1.31 bits per heavy atom. The number of alkyl halides is 1. The van der Waals surface area contributed by atoms with Gasteiger partial charge in [-0.2, -0.15) is 0 Å². The van der Waals surface area contributed by atoms with Gasteiger partial charge in [-0.05, 0) is 25.0 Å². The van der Waals surface area contributed by atoms with Crippen molar-refractivity contribution in [2.45, 2.75) is 13.8 Å². The van der Waals surface area contributed by atoms with Crippen molar-refractivity contribution in [2.75, 3.05) is 17.4 Å². The highest BCUT2D eigenvalue weighted by Crippen LogP contribution is 2.21. The predicted octanol–water partition coefficient (Wildman–Crippen LogP) is 2.22. The van der Waals surface area contributed by atoms with Crippen LogP contribution in [0.25, 0.3) is 0 Å². The molecule has 0 unspecified atom stereocenters. The number of anilines is 1. The lowest BCUT2D eigenvalue weighted by molar-refractivity contribution is 0.885. The largest absolute Gasteiger partial charge is 0.309 e. The Morgan fingerprint density at radius 2 is 1.85 bits per heavy atom. The minimum absolute atomic E-state index is 0.546. The summed E-state index contributed by atoms with van der Waals surface area (Å²) in [6, 6.07) is 6.13. The van der Waals surface area contributed by atoms with Crippen molar-refractivity contribution < 1.29 is 0 Å². The van der Waals surface area contributed by atoms with E-state index in [0.29, 0.717) is 12.4 Å². The van der Waals surface area contributed by atoms with E-state index in [1.807, 2.05) is 6.07 Å². The second-order valence-corrected chi connectivity index (χ2v) is 3.50. The van der Waals surface area contributed by atoms with Crippen LogP contribution >= 0.6 is 11.6 Å². The molecule has 72 valence electrons. The Morgan fingerprint density at radius 3 is 2.31 bits per heavy atom. The van der Waals surface area contributed by atoms with Gasteiger partial charge in [-0.15, -0.1) is 11.6 Å². The molecule has 2 nitrogen and oxygen atoms in total. The second kappa shape index (κ2) is 4.49. The van der Waals surface area contributed by atoms with Crippen molar-refractivity contribution in [2.24, 2.45) is 5.84 Å².